The molecule has 2 N–H and O–H groups in total. The lowest BCUT2D eigenvalue weighted by atomic mass is 10.1. The first kappa shape index (κ1) is 18.5. The Labute approximate surface area is 120 Å². The molecule has 2 nitrogen and oxygen atoms in total. The van der Waals surface area contributed by atoms with Gasteiger partial charge in [0, 0.05) is 11.1 Å². The van der Waals surface area contributed by atoms with Crippen molar-refractivity contribution >= 4 is 0 Å². The number of rotatable bonds is 4. The van der Waals surface area contributed by atoms with Crippen molar-refractivity contribution in [3.8, 4) is 0 Å². The van der Waals surface area contributed by atoms with E-state index in [-0.39, 0.29) is 34.0 Å². The van der Waals surface area contributed by atoms with E-state index in [2.05, 4.69) is 52.5 Å². The lowest BCUT2D eigenvalue weighted by molar-refractivity contribution is -0.873. The van der Waals surface area contributed by atoms with Gasteiger partial charge in [0.25, 0.3) is 0 Å². The smallest absolute Gasteiger partial charge is 0.102 e. The molecule has 4 heteroatoms. The van der Waals surface area contributed by atoms with Crippen LogP contribution in [-0.4, -0.2) is 28.2 Å². The molecular weight excluding hydrogens is 332 g/mol. The van der Waals surface area contributed by atoms with E-state index < -0.39 is 0 Å². The van der Waals surface area contributed by atoms with E-state index in [0.717, 1.165) is 13.1 Å². The zero-order valence-corrected chi connectivity index (χ0v) is 13.7. The van der Waals surface area contributed by atoms with Gasteiger partial charge in [0.05, 0.1) is 28.2 Å². The molecule has 0 heterocycles. The Bertz CT molecular complexity index is 242. The molecule has 0 amide bonds. The Morgan fingerprint density at radius 1 is 0.688 bits per heavy atom. The molecule has 0 atom stereocenters. The molecule has 0 aliphatic rings. The van der Waals surface area contributed by atoms with Gasteiger partial charge in [-0.3, -0.25) is 0 Å². The molecule has 1 aromatic rings. The second-order valence-electron chi connectivity index (χ2n) is 4.58. The fraction of sp³-hybridized carbons (Fsp3) is 0.500. The quantitative estimate of drug-likeness (QED) is 0.532. The molecule has 0 radical (unpaired) electrons. The fourth-order valence-electron chi connectivity index (χ4n) is 1.59. The summed E-state index contributed by atoms with van der Waals surface area (Å²) in [6, 6.07) is 8.97. The van der Waals surface area contributed by atoms with Crippen LogP contribution in [0, 0.1) is 0 Å². The third kappa shape index (κ3) is 7.39. The van der Waals surface area contributed by atoms with Gasteiger partial charge in [-0.25, -0.2) is 0 Å². The topological polar surface area (TPSA) is 8.88 Å². The monoisotopic (exact) mass is 352 g/mol. The molecule has 0 aliphatic carbocycles. The van der Waals surface area contributed by atoms with Crippen LogP contribution in [0.15, 0.2) is 24.3 Å². The largest absolute Gasteiger partial charge is 1.00 e. The molecule has 1 aromatic carbocycles. The SMILES string of the molecule is C[NH+](C)Cc1ccc(C[NH+](C)C)cc1.[Br-].[Br-]. The summed E-state index contributed by atoms with van der Waals surface area (Å²) in [6.45, 7) is 2.21. The molecule has 0 aromatic heterocycles. The van der Waals surface area contributed by atoms with Gasteiger partial charge in [0.15, 0.2) is 0 Å². The maximum atomic E-state index is 2.24. The van der Waals surface area contributed by atoms with Crippen molar-refractivity contribution in [1.82, 2.24) is 0 Å². The standard InChI is InChI=1S/C12H20N2.2BrH/c1-13(2)9-11-5-7-12(8-6-11)10-14(3)4;;/h5-8H,9-10H2,1-4H3;2*1H. The summed E-state index contributed by atoms with van der Waals surface area (Å²) < 4.78 is 0. The van der Waals surface area contributed by atoms with Gasteiger partial charge in [-0.1, -0.05) is 24.3 Å². The summed E-state index contributed by atoms with van der Waals surface area (Å²) in [5.41, 5.74) is 2.84. The minimum atomic E-state index is 0. The summed E-state index contributed by atoms with van der Waals surface area (Å²) in [4.78, 5) is 2.94. The number of hydrogen-bond donors (Lipinski definition) is 2. The highest BCUT2D eigenvalue weighted by atomic mass is 79.9. The third-order valence-electron chi connectivity index (χ3n) is 2.14. The molecule has 0 fully saturated rings. The summed E-state index contributed by atoms with van der Waals surface area (Å²) >= 11 is 0. The third-order valence-corrected chi connectivity index (χ3v) is 2.14. The summed E-state index contributed by atoms with van der Waals surface area (Å²) in [7, 11) is 8.71. The van der Waals surface area contributed by atoms with Crippen LogP contribution >= 0.6 is 0 Å². The van der Waals surface area contributed by atoms with Crippen molar-refractivity contribution in [3.05, 3.63) is 35.4 Å². The van der Waals surface area contributed by atoms with Crippen LogP contribution in [-0.2, 0) is 13.1 Å². The zero-order chi connectivity index (χ0) is 10.6. The fourth-order valence-corrected chi connectivity index (χ4v) is 1.59. The van der Waals surface area contributed by atoms with Gasteiger partial charge >= 0.3 is 0 Å². The Morgan fingerprint density at radius 2 is 0.938 bits per heavy atom. The van der Waals surface area contributed by atoms with Crippen LogP contribution in [0.4, 0.5) is 0 Å². The molecule has 1 rings (SSSR count). The average Bonchev–Trinajstić information content (AvgIpc) is 2.06. The highest BCUT2D eigenvalue weighted by Gasteiger charge is 2.00. The van der Waals surface area contributed by atoms with Crippen molar-refractivity contribution in [2.45, 2.75) is 13.1 Å². The summed E-state index contributed by atoms with van der Waals surface area (Å²) in [5.74, 6) is 0. The number of quaternary nitrogens is 2. The highest BCUT2D eigenvalue weighted by Crippen LogP contribution is 2.01. The molecular formula is C12H22Br2N2. The molecule has 0 aliphatic heterocycles. The predicted octanol–water partition coefficient (Wildman–Crippen LogP) is -7.02. The molecule has 0 saturated heterocycles. The molecule has 0 unspecified atom stereocenters. The predicted molar refractivity (Wildman–Crippen MR) is 59.5 cm³/mol. The molecule has 94 valence electrons. The van der Waals surface area contributed by atoms with Gasteiger partial charge in [0.2, 0.25) is 0 Å². The Hall–Kier alpha value is 0.1000. The van der Waals surface area contributed by atoms with Crippen LogP contribution in [0.1, 0.15) is 11.1 Å². The van der Waals surface area contributed by atoms with Crippen molar-refractivity contribution in [2.75, 3.05) is 28.2 Å². The number of nitrogens with one attached hydrogen (secondary N) is 2. The van der Waals surface area contributed by atoms with E-state index in [9.17, 15) is 0 Å². The number of benzene rings is 1. The molecule has 16 heavy (non-hydrogen) atoms. The number of halogens is 2. The van der Waals surface area contributed by atoms with Crippen LogP contribution in [0.5, 0.6) is 0 Å². The van der Waals surface area contributed by atoms with Crippen LogP contribution in [0.3, 0.4) is 0 Å². The second kappa shape index (κ2) is 9.16. The first-order chi connectivity index (χ1) is 6.58. The van der Waals surface area contributed by atoms with Gasteiger partial charge in [-0.2, -0.15) is 0 Å². The minimum Gasteiger partial charge on any atom is -1.00 e. The van der Waals surface area contributed by atoms with Crippen LogP contribution in [0.2, 0.25) is 0 Å². The van der Waals surface area contributed by atoms with Gasteiger partial charge in [-0.15, -0.1) is 0 Å². The van der Waals surface area contributed by atoms with Crippen LogP contribution < -0.4 is 43.8 Å². The molecule has 0 bridgehead atoms. The normalized spacial score (nSPS) is 9.88. The Morgan fingerprint density at radius 3 is 1.12 bits per heavy atom. The Balaban J connectivity index is 0. The van der Waals surface area contributed by atoms with E-state index in [4.69, 9.17) is 0 Å². The average molecular weight is 354 g/mol. The summed E-state index contributed by atoms with van der Waals surface area (Å²) in [6.07, 6.45) is 0. The highest BCUT2D eigenvalue weighted by molar-refractivity contribution is 5.21. The summed E-state index contributed by atoms with van der Waals surface area (Å²) in [5, 5.41) is 0. The van der Waals surface area contributed by atoms with Crippen molar-refractivity contribution in [2.24, 2.45) is 0 Å². The zero-order valence-electron chi connectivity index (χ0n) is 10.5. The maximum Gasteiger partial charge on any atom is 0.102 e. The van der Waals surface area contributed by atoms with E-state index in [1.165, 1.54) is 20.9 Å². The van der Waals surface area contributed by atoms with E-state index in [1.807, 2.05) is 0 Å². The molecule has 0 saturated carbocycles. The van der Waals surface area contributed by atoms with Gasteiger partial charge in [0.1, 0.15) is 13.1 Å². The lowest BCUT2D eigenvalue weighted by Crippen LogP contribution is -3.04. The van der Waals surface area contributed by atoms with Crippen molar-refractivity contribution in [1.29, 1.82) is 0 Å². The maximum absolute atomic E-state index is 2.24. The van der Waals surface area contributed by atoms with Crippen molar-refractivity contribution < 1.29 is 43.8 Å². The first-order valence-electron chi connectivity index (χ1n) is 5.24. The molecule has 0 spiro atoms. The first-order valence-corrected chi connectivity index (χ1v) is 5.24. The van der Waals surface area contributed by atoms with Gasteiger partial charge in [-0.05, 0) is 0 Å². The van der Waals surface area contributed by atoms with Crippen molar-refractivity contribution in [3.63, 3.8) is 0 Å². The minimum absolute atomic E-state index is 0. The Kier molecular flexibility index (Phi) is 10.6. The number of hydrogen-bond acceptors (Lipinski definition) is 0. The lowest BCUT2D eigenvalue weighted by Gasteiger charge is -2.09. The van der Waals surface area contributed by atoms with Crippen LogP contribution in [0.25, 0.3) is 0 Å². The van der Waals surface area contributed by atoms with E-state index >= 15 is 0 Å². The second-order valence-corrected chi connectivity index (χ2v) is 4.58. The van der Waals surface area contributed by atoms with Gasteiger partial charge < -0.3 is 43.8 Å². The van der Waals surface area contributed by atoms with E-state index in [0.29, 0.717) is 0 Å². The van der Waals surface area contributed by atoms with E-state index in [1.54, 1.807) is 0 Å².